The molecule has 0 aliphatic heterocycles. The van der Waals surface area contributed by atoms with Crippen molar-refractivity contribution in [3.05, 3.63) is 0 Å². The summed E-state index contributed by atoms with van der Waals surface area (Å²) in [6.45, 7) is 1.40. The molecule has 1 aliphatic rings. The molecule has 0 aromatic rings. The smallest absolute Gasteiger partial charge is 0.255 e. The number of halogens is 2. The van der Waals surface area contributed by atoms with Crippen LogP contribution < -0.4 is 0 Å². The van der Waals surface area contributed by atoms with Crippen molar-refractivity contribution in [2.24, 2.45) is 5.41 Å². The van der Waals surface area contributed by atoms with E-state index in [1.165, 1.54) is 0 Å². The molecule has 3 heteroatoms. The monoisotopic (exact) mass is 178 g/mol. The summed E-state index contributed by atoms with van der Waals surface area (Å²) >= 11 is 0. The molecular formula is C9H16F2O. The highest BCUT2D eigenvalue weighted by atomic mass is 19.3. The zero-order chi connectivity index (χ0) is 9.24. The Bertz CT molecular complexity index is 147. The lowest BCUT2D eigenvalue weighted by molar-refractivity contribution is -0.172. The van der Waals surface area contributed by atoms with Crippen molar-refractivity contribution < 1.29 is 13.9 Å². The summed E-state index contributed by atoms with van der Waals surface area (Å²) in [6, 6.07) is 0. The highest BCUT2D eigenvalue weighted by Gasteiger charge is 2.54. The standard InChI is InChI=1S/C9H16F2O/c1-2-8(4-3-5-8)9(10,11)6-7-12/h12H,2-7H2,1H3. The van der Waals surface area contributed by atoms with E-state index in [0.29, 0.717) is 19.3 Å². The van der Waals surface area contributed by atoms with Crippen molar-refractivity contribution in [3.63, 3.8) is 0 Å². The molecule has 0 saturated heterocycles. The molecule has 0 radical (unpaired) electrons. The fraction of sp³-hybridized carbons (Fsp3) is 1.00. The Labute approximate surface area is 71.8 Å². The van der Waals surface area contributed by atoms with Crippen LogP contribution in [-0.4, -0.2) is 17.6 Å². The van der Waals surface area contributed by atoms with Crippen LogP contribution >= 0.6 is 0 Å². The zero-order valence-electron chi connectivity index (χ0n) is 7.45. The molecule has 0 bridgehead atoms. The summed E-state index contributed by atoms with van der Waals surface area (Å²) in [5, 5.41) is 8.50. The normalized spacial score (nSPS) is 22.0. The highest BCUT2D eigenvalue weighted by Crippen LogP contribution is 2.55. The average Bonchev–Trinajstić information content (AvgIpc) is 1.84. The molecular weight excluding hydrogens is 162 g/mol. The fourth-order valence-electron chi connectivity index (χ4n) is 1.99. The van der Waals surface area contributed by atoms with Gasteiger partial charge in [-0.1, -0.05) is 13.3 Å². The number of hydrogen-bond acceptors (Lipinski definition) is 1. The number of aliphatic hydroxyl groups excluding tert-OH is 1. The molecule has 0 heterocycles. The van der Waals surface area contributed by atoms with Gasteiger partial charge in [0.1, 0.15) is 0 Å². The third-order valence-electron chi connectivity index (χ3n) is 3.19. The zero-order valence-corrected chi connectivity index (χ0v) is 7.45. The van der Waals surface area contributed by atoms with E-state index in [1.807, 2.05) is 6.92 Å². The lowest BCUT2D eigenvalue weighted by atomic mass is 9.62. The topological polar surface area (TPSA) is 20.2 Å². The third-order valence-corrected chi connectivity index (χ3v) is 3.19. The quantitative estimate of drug-likeness (QED) is 0.701. The first-order valence-electron chi connectivity index (χ1n) is 4.57. The van der Waals surface area contributed by atoms with Gasteiger partial charge < -0.3 is 5.11 Å². The SMILES string of the molecule is CCC1(C(F)(F)CCO)CCC1. The second-order valence-electron chi connectivity index (χ2n) is 3.67. The first-order valence-corrected chi connectivity index (χ1v) is 4.57. The molecule has 1 rings (SSSR count). The lowest BCUT2D eigenvalue weighted by Crippen LogP contribution is -2.46. The molecule has 0 spiro atoms. The minimum atomic E-state index is -2.66. The minimum Gasteiger partial charge on any atom is -0.396 e. The Hall–Kier alpha value is -0.180. The van der Waals surface area contributed by atoms with Crippen LogP contribution in [0.5, 0.6) is 0 Å². The summed E-state index contributed by atoms with van der Waals surface area (Å²) in [5.74, 6) is -2.66. The van der Waals surface area contributed by atoms with Crippen LogP contribution in [-0.2, 0) is 0 Å². The second kappa shape index (κ2) is 3.29. The maximum absolute atomic E-state index is 13.4. The van der Waals surface area contributed by atoms with Gasteiger partial charge in [0.2, 0.25) is 0 Å². The number of alkyl halides is 2. The van der Waals surface area contributed by atoms with Crippen molar-refractivity contribution in [3.8, 4) is 0 Å². The molecule has 72 valence electrons. The first kappa shape index (κ1) is 9.90. The molecule has 0 unspecified atom stereocenters. The van der Waals surface area contributed by atoms with Crippen molar-refractivity contribution >= 4 is 0 Å². The first-order chi connectivity index (χ1) is 5.58. The van der Waals surface area contributed by atoms with E-state index in [1.54, 1.807) is 0 Å². The van der Waals surface area contributed by atoms with Crippen LogP contribution in [0, 0.1) is 5.41 Å². The number of rotatable bonds is 4. The van der Waals surface area contributed by atoms with Crippen LogP contribution in [0.4, 0.5) is 8.78 Å². The van der Waals surface area contributed by atoms with E-state index in [2.05, 4.69) is 0 Å². The molecule has 1 fully saturated rings. The largest absolute Gasteiger partial charge is 0.396 e. The van der Waals surface area contributed by atoms with Gasteiger partial charge in [-0.15, -0.1) is 0 Å². The van der Waals surface area contributed by atoms with E-state index in [-0.39, 0.29) is 6.42 Å². The molecule has 1 saturated carbocycles. The Morgan fingerprint density at radius 3 is 2.25 bits per heavy atom. The van der Waals surface area contributed by atoms with E-state index in [0.717, 1.165) is 6.42 Å². The van der Waals surface area contributed by atoms with Crippen LogP contribution in [0.3, 0.4) is 0 Å². The van der Waals surface area contributed by atoms with Crippen molar-refractivity contribution in [2.45, 2.75) is 45.0 Å². The van der Waals surface area contributed by atoms with Gasteiger partial charge in [0.05, 0.1) is 0 Å². The maximum atomic E-state index is 13.4. The molecule has 0 atom stereocenters. The summed E-state index contributed by atoms with van der Waals surface area (Å²) < 4.78 is 26.7. The molecule has 0 amide bonds. The van der Waals surface area contributed by atoms with Crippen molar-refractivity contribution in [2.75, 3.05) is 6.61 Å². The second-order valence-corrected chi connectivity index (χ2v) is 3.67. The Kier molecular flexibility index (Phi) is 2.71. The van der Waals surface area contributed by atoms with Crippen LogP contribution in [0.25, 0.3) is 0 Å². The van der Waals surface area contributed by atoms with Gasteiger partial charge in [0.15, 0.2) is 0 Å². The Morgan fingerprint density at radius 1 is 1.42 bits per heavy atom. The molecule has 12 heavy (non-hydrogen) atoms. The lowest BCUT2D eigenvalue weighted by Gasteiger charge is -2.46. The summed E-state index contributed by atoms with van der Waals surface area (Å²) in [5.41, 5.74) is -0.782. The maximum Gasteiger partial charge on any atom is 0.255 e. The van der Waals surface area contributed by atoms with Gasteiger partial charge in [-0.3, -0.25) is 0 Å². The Balaban J connectivity index is 2.63. The minimum absolute atomic E-state index is 0.374. The van der Waals surface area contributed by atoms with Crippen molar-refractivity contribution in [1.29, 1.82) is 0 Å². The van der Waals surface area contributed by atoms with Gasteiger partial charge in [0.25, 0.3) is 5.92 Å². The summed E-state index contributed by atoms with van der Waals surface area (Å²) in [4.78, 5) is 0. The van der Waals surface area contributed by atoms with E-state index < -0.39 is 17.9 Å². The summed E-state index contributed by atoms with van der Waals surface area (Å²) in [7, 11) is 0. The van der Waals surface area contributed by atoms with Crippen LogP contribution in [0.2, 0.25) is 0 Å². The van der Waals surface area contributed by atoms with Gasteiger partial charge in [-0.2, -0.15) is 0 Å². The predicted molar refractivity (Wildman–Crippen MR) is 43.2 cm³/mol. The van der Waals surface area contributed by atoms with Crippen LogP contribution in [0.1, 0.15) is 39.0 Å². The number of hydrogen-bond donors (Lipinski definition) is 1. The number of aliphatic hydroxyl groups is 1. The fourth-order valence-corrected chi connectivity index (χ4v) is 1.99. The predicted octanol–water partition coefficient (Wildman–Crippen LogP) is 2.58. The molecule has 0 aromatic carbocycles. The van der Waals surface area contributed by atoms with Gasteiger partial charge in [-0.25, -0.2) is 8.78 Å². The van der Waals surface area contributed by atoms with Gasteiger partial charge >= 0.3 is 0 Å². The van der Waals surface area contributed by atoms with E-state index >= 15 is 0 Å². The van der Waals surface area contributed by atoms with Gasteiger partial charge in [0, 0.05) is 18.4 Å². The average molecular weight is 178 g/mol. The van der Waals surface area contributed by atoms with E-state index in [4.69, 9.17) is 5.11 Å². The molecule has 0 aromatic heterocycles. The molecule has 1 nitrogen and oxygen atoms in total. The van der Waals surface area contributed by atoms with Gasteiger partial charge in [-0.05, 0) is 19.3 Å². The third kappa shape index (κ3) is 1.35. The molecule has 1 aliphatic carbocycles. The summed E-state index contributed by atoms with van der Waals surface area (Å²) in [6.07, 6.45) is 2.31. The van der Waals surface area contributed by atoms with Crippen LogP contribution in [0.15, 0.2) is 0 Å². The molecule has 1 N–H and O–H groups in total. The highest BCUT2D eigenvalue weighted by molar-refractivity contribution is 4.97. The Morgan fingerprint density at radius 2 is 2.00 bits per heavy atom. The van der Waals surface area contributed by atoms with Crippen molar-refractivity contribution in [1.82, 2.24) is 0 Å². The van der Waals surface area contributed by atoms with E-state index in [9.17, 15) is 8.78 Å².